The molecule has 1 heterocycles. The number of nitrogens with one attached hydrogen (secondary N) is 1. The van der Waals surface area contributed by atoms with E-state index in [1.54, 1.807) is 12.5 Å². The van der Waals surface area contributed by atoms with Crippen LogP contribution in [-0.2, 0) is 9.53 Å². The first kappa shape index (κ1) is 15.0. The van der Waals surface area contributed by atoms with E-state index in [1.165, 1.54) is 7.11 Å². The first-order chi connectivity index (χ1) is 9.11. The topological polar surface area (TPSA) is 105 Å². The van der Waals surface area contributed by atoms with E-state index in [-0.39, 0.29) is 12.6 Å². The molecule has 1 N–H and O–H groups in total. The van der Waals surface area contributed by atoms with Gasteiger partial charge in [-0.1, -0.05) is 5.11 Å². The minimum atomic E-state index is -0.621. The lowest BCUT2D eigenvalue weighted by molar-refractivity contribution is -0.143. The fraction of sp³-hybridized carbons (Fsp3) is 0.636. The standard InChI is InChI=1S/C11H18N6O2/c1-8(2)17-7-13-6-9(17)10(11(18)19-3)14-4-5-15-16-12/h6-8,10,14H,4-5H2,1-3H3. The maximum absolute atomic E-state index is 11.8. The van der Waals surface area contributed by atoms with Crippen molar-refractivity contribution in [2.24, 2.45) is 5.11 Å². The van der Waals surface area contributed by atoms with E-state index in [2.05, 4.69) is 20.3 Å². The molecule has 1 unspecified atom stereocenters. The van der Waals surface area contributed by atoms with Gasteiger partial charge < -0.3 is 9.30 Å². The van der Waals surface area contributed by atoms with E-state index in [0.29, 0.717) is 6.54 Å². The Balaban J connectivity index is 2.86. The number of aromatic nitrogens is 2. The van der Waals surface area contributed by atoms with Crippen molar-refractivity contribution in [3.05, 3.63) is 28.7 Å². The van der Waals surface area contributed by atoms with Crippen LogP contribution < -0.4 is 5.32 Å². The number of rotatable bonds is 7. The van der Waals surface area contributed by atoms with E-state index >= 15 is 0 Å². The van der Waals surface area contributed by atoms with Crippen molar-refractivity contribution in [1.82, 2.24) is 14.9 Å². The molecule has 1 rings (SSSR count). The SMILES string of the molecule is COC(=O)C(NCCN=[N+]=[N-])c1cncn1C(C)C. The summed E-state index contributed by atoms with van der Waals surface area (Å²) in [4.78, 5) is 18.5. The van der Waals surface area contributed by atoms with Crippen LogP contribution in [0, 0.1) is 0 Å². The largest absolute Gasteiger partial charge is 0.468 e. The van der Waals surface area contributed by atoms with Gasteiger partial charge in [0.05, 0.1) is 25.3 Å². The van der Waals surface area contributed by atoms with Crippen LogP contribution in [0.3, 0.4) is 0 Å². The molecule has 0 aliphatic heterocycles. The van der Waals surface area contributed by atoms with Crippen molar-refractivity contribution in [1.29, 1.82) is 0 Å². The van der Waals surface area contributed by atoms with Crippen LogP contribution in [0.5, 0.6) is 0 Å². The van der Waals surface area contributed by atoms with Crippen LogP contribution >= 0.6 is 0 Å². The van der Waals surface area contributed by atoms with Gasteiger partial charge >= 0.3 is 5.97 Å². The Morgan fingerprint density at radius 2 is 2.42 bits per heavy atom. The van der Waals surface area contributed by atoms with Gasteiger partial charge in [0.15, 0.2) is 0 Å². The number of ether oxygens (including phenoxy) is 1. The Morgan fingerprint density at radius 1 is 1.68 bits per heavy atom. The molecule has 0 fully saturated rings. The second-order valence-electron chi connectivity index (χ2n) is 4.18. The predicted molar refractivity (Wildman–Crippen MR) is 69.4 cm³/mol. The lowest BCUT2D eigenvalue weighted by Gasteiger charge is -2.19. The van der Waals surface area contributed by atoms with E-state index < -0.39 is 12.0 Å². The van der Waals surface area contributed by atoms with Gasteiger partial charge in [-0.2, -0.15) is 0 Å². The summed E-state index contributed by atoms with van der Waals surface area (Å²) >= 11 is 0. The Morgan fingerprint density at radius 3 is 3.00 bits per heavy atom. The minimum absolute atomic E-state index is 0.184. The summed E-state index contributed by atoms with van der Waals surface area (Å²) in [5.74, 6) is -0.400. The van der Waals surface area contributed by atoms with Crippen molar-refractivity contribution in [2.75, 3.05) is 20.2 Å². The molecule has 0 aliphatic carbocycles. The molecule has 1 aromatic rings. The molecular weight excluding hydrogens is 248 g/mol. The second kappa shape index (κ2) is 7.40. The van der Waals surface area contributed by atoms with Gasteiger partial charge in [-0.15, -0.1) is 0 Å². The van der Waals surface area contributed by atoms with Gasteiger partial charge in [0, 0.05) is 24.0 Å². The van der Waals surface area contributed by atoms with Crippen molar-refractivity contribution >= 4 is 5.97 Å². The zero-order valence-electron chi connectivity index (χ0n) is 11.3. The molecule has 104 valence electrons. The summed E-state index contributed by atoms with van der Waals surface area (Å²) in [6, 6.07) is -0.438. The summed E-state index contributed by atoms with van der Waals surface area (Å²) in [5.41, 5.74) is 8.94. The molecule has 0 aliphatic rings. The van der Waals surface area contributed by atoms with Crippen molar-refractivity contribution in [3.63, 3.8) is 0 Å². The Hall–Kier alpha value is -2.05. The van der Waals surface area contributed by atoms with Crippen LogP contribution in [0.4, 0.5) is 0 Å². The number of nitrogens with zero attached hydrogens (tertiary/aromatic N) is 5. The summed E-state index contributed by atoms with van der Waals surface area (Å²) in [7, 11) is 1.33. The van der Waals surface area contributed by atoms with Crippen LogP contribution in [-0.4, -0.2) is 35.7 Å². The smallest absolute Gasteiger partial charge is 0.329 e. The average Bonchev–Trinajstić information content (AvgIpc) is 2.87. The van der Waals surface area contributed by atoms with E-state index in [1.807, 2.05) is 18.4 Å². The molecule has 0 bridgehead atoms. The fourth-order valence-electron chi connectivity index (χ4n) is 1.70. The first-order valence-corrected chi connectivity index (χ1v) is 5.95. The summed E-state index contributed by atoms with van der Waals surface area (Å²) in [6.07, 6.45) is 3.30. The average molecular weight is 266 g/mol. The van der Waals surface area contributed by atoms with Crippen LogP contribution in [0.15, 0.2) is 17.6 Å². The monoisotopic (exact) mass is 266 g/mol. The molecule has 1 atom stereocenters. The number of esters is 1. The highest BCUT2D eigenvalue weighted by Crippen LogP contribution is 2.18. The zero-order valence-corrected chi connectivity index (χ0v) is 11.3. The van der Waals surface area contributed by atoms with E-state index in [4.69, 9.17) is 10.3 Å². The summed E-state index contributed by atoms with van der Waals surface area (Å²) in [6.45, 7) is 4.64. The summed E-state index contributed by atoms with van der Waals surface area (Å²) < 4.78 is 6.67. The maximum Gasteiger partial charge on any atom is 0.329 e. The number of hydrogen-bond donors (Lipinski definition) is 1. The first-order valence-electron chi connectivity index (χ1n) is 5.95. The van der Waals surface area contributed by atoms with Gasteiger partial charge in [0.2, 0.25) is 0 Å². The second-order valence-corrected chi connectivity index (χ2v) is 4.18. The highest BCUT2D eigenvalue weighted by Gasteiger charge is 2.24. The number of carbonyl (C=O) groups is 1. The normalized spacial score (nSPS) is 12.0. The molecule has 0 saturated heterocycles. The number of imidazole rings is 1. The van der Waals surface area contributed by atoms with Crippen molar-refractivity contribution in [2.45, 2.75) is 25.9 Å². The minimum Gasteiger partial charge on any atom is -0.468 e. The fourth-order valence-corrected chi connectivity index (χ4v) is 1.70. The van der Waals surface area contributed by atoms with Crippen LogP contribution in [0.2, 0.25) is 0 Å². The molecule has 0 amide bonds. The van der Waals surface area contributed by atoms with Gasteiger partial charge in [0.25, 0.3) is 0 Å². The van der Waals surface area contributed by atoms with Crippen molar-refractivity contribution < 1.29 is 9.53 Å². The predicted octanol–water partition coefficient (Wildman–Crippen LogP) is 1.58. The molecule has 19 heavy (non-hydrogen) atoms. The van der Waals surface area contributed by atoms with E-state index in [9.17, 15) is 4.79 Å². The third-order valence-electron chi connectivity index (χ3n) is 2.61. The van der Waals surface area contributed by atoms with Crippen LogP contribution in [0.25, 0.3) is 10.4 Å². The van der Waals surface area contributed by atoms with Gasteiger partial charge in [0.1, 0.15) is 6.04 Å². The Bertz CT molecular complexity index is 464. The van der Waals surface area contributed by atoms with Gasteiger partial charge in [-0.3, -0.25) is 5.32 Å². The molecule has 1 aromatic heterocycles. The number of hydrogen-bond acceptors (Lipinski definition) is 5. The quantitative estimate of drug-likeness (QED) is 0.266. The maximum atomic E-state index is 11.8. The van der Waals surface area contributed by atoms with Gasteiger partial charge in [-0.25, -0.2) is 9.78 Å². The summed E-state index contributed by atoms with van der Waals surface area (Å²) in [5, 5.41) is 6.41. The third kappa shape index (κ3) is 3.97. The molecule has 0 saturated carbocycles. The number of azide groups is 1. The van der Waals surface area contributed by atoms with Crippen molar-refractivity contribution in [3.8, 4) is 0 Å². The Labute approximate surface area is 111 Å². The lowest BCUT2D eigenvalue weighted by Crippen LogP contribution is -2.33. The highest BCUT2D eigenvalue weighted by atomic mass is 16.5. The molecule has 0 radical (unpaired) electrons. The molecule has 8 heteroatoms. The van der Waals surface area contributed by atoms with Crippen LogP contribution in [0.1, 0.15) is 31.6 Å². The molecule has 0 spiro atoms. The van der Waals surface area contributed by atoms with Gasteiger partial charge in [-0.05, 0) is 19.4 Å². The molecule has 0 aromatic carbocycles. The lowest BCUT2D eigenvalue weighted by atomic mass is 10.2. The highest BCUT2D eigenvalue weighted by molar-refractivity contribution is 5.76. The Kier molecular flexibility index (Phi) is 5.84. The number of carbonyl (C=O) groups excluding carboxylic acids is 1. The molecular formula is C11H18N6O2. The van der Waals surface area contributed by atoms with E-state index in [0.717, 1.165) is 5.69 Å². The zero-order chi connectivity index (χ0) is 14.3. The number of methoxy groups -OCH3 is 1. The third-order valence-corrected chi connectivity index (χ3v) is 2.61. The molecule has 8 nitrogen and oxygen atoms in total.